The lowest BCUT2D eigenvalue weighted by Crippen LogP contribution is -2.11. The van der Waals surface area contributed by atoms with Crippen LogP contribution in [0.4, 0.5) is 0 Å². The van der Waals surface area contributed by atoms with Gasteiger partial charge in [0.2, 0.25) is 0 Å². The van der Waals surface area contributed by atoms with E-state index in [0.29, 0.717) is 0 Å². The van der Waals surface area contributed by atoms with Crippen molar-refractivity contribution in [3.05, 3.63) is 129 Å². The van der Waals surface area contributed by atoms with Crippen molar-refractivity contribution >= 4 is 56.6 Å². The highest BCUT2D eigenvalue weighted by atomic mass is 14.8. The molecule has 8 rings (SSSR count). The molecular formula is C32H22N4. The number of rotatable bonds is 0. The van der Waals surface area contributed by atoms with Crippen molar-refractivity contribution in [2.45, 2.75) is 0 Å². The van der Waals surface area contributed by atoms with Crippen LogP contribution < -0.4 is 21.4 Å². The van der Waals surface area contributed by atoms with Gasteiger partial charge in [0.05, 0.1) is 0 Å². The second-order valence-electron chi connectivity index (χ2n) is 9.44. The predicted molar refractivity (Wildman–Crippen MR) is 148 cm³/mol. The molecule has 0 spiro atoms. The number of hydrogen-bond acceptors (Lipinski definition) is 0. The van der Waals surface area contributed by atoms with Gasteiger partial charge in [0.15, 0.2) is 0 Å². The Bertz CT molecular complexity index is 2060. The summed E-state index contributed by atoms with van der Waals surface area (Å²) in [5.41, 5.74) is 4.36. The van der Waals surface area contributed by atoms with Gasteiger partial charge in [0.25, 0.3) is 0 Å². The second-order valence-corrected chi connectivity index (χ2v) is 9.44. The van der Waals surface area contributed by atoms with Crippen molar-refractivity contribution in [1.29, 1.82) is 0 Å². The molecule has 7 aromatic rings. The highest BCUT2D eigenvalue weighted by molar-refractivity contribution is 5.98. The molecule has 36 heavy (non-hydrogen) atoms. The number of benzene rings is 3. The lowest BCUT2D eigenvalue weighted by molar-refractivity contribution is 1.24. The molecule has 4 heteroatoms. The fraction of sp³-hybridized carbons (Fsp3) is 0. The van der Waals surface area contributed by atoms with Crippen LogP contribution in [0.15, 0.2) is 84.9 Å². The molecular weight excluding hydrogens is 440 g/mol. The largest absolute Gasteiger partial charge is 0.355 e. The fourth-order valence-electron chi connectivity index (χ4n) is 5.58. The van der Waals surface area contributed by atoms with Gasteiger partial charge in [-0.25, -0.2) is 0 Å². The van der Waals surface area contributed by atoms with Crippen LogP contribution in [0.25, 0.3) is 56.6 Å². The molecule has 1 aliphatic rings. The van der Waals surface area contributed by atoms with Crippen molar-refractivity contribution in [1.82, 2.24) is 19.9 Å². The Morgan fingerprint density at radius 2 is 0.667 bits per heavy atom. The maximum Gasteiger partial charge on any atom is 0.0485 e. The van der Waals surface area contributed by atoms with E-state index in [4.69, 9.17) is 0 Å². The second kappa shape index (κ2) is 7.27. The number of fused-ring (bicyclic) bond motifs is 17. The van der Waals surface area contributed by atoms with Crippen molar-refractivity contribution < 1.29 is 0 Å². The maximum atomic E-state index is 3.72. The van der Waals surface area contributed by atoms with Gasteiger partial charge < -0.3 is 19.9 Å². The summed E-state index contributed by atoms with van der Waals surface area (Å²) in [6.07, 6.45) is 8.84. The molecule has 8 bridgehead atoms. The Morgan fingerprint density at radius 1 is 0.306 bits per heavy atom. The molecule has 0 saturated heterocycles. The van der Waals surface area contributed by atoms with Gasteiger partial charge >= 0.3 is 0 Å². The molecule has 0 fully saturated rings. The van der Waals surface area contributed by atoms with E-state index in [-0.39, 0.29) is 0 Å². The minimum Gasteiger partial charge on any atom is -0.355 e. The van der Waals surface area contributed by atoms with E-state index < -0.39 is 0 Å². The van der Waals surface area contributed by atoms with E-state index >= 15 is 0 Å². The molecule has 4 aromatic heterocycles. The van der Waals surface area contributed by atoms with Crippen LogP contribution in [0.1, 0.15) is 22.8 Å². The summed E-state index contributed by atoms with van der Waals surface area (Å²) >= 11 is 0. The first-order valence-corrected chi connectivity index (χ1v) is 12.2. The third kappa shape index (κ3) is 2.88. The Labute approximate surface area is 205 Å². The van der Waals surface area contributed by atoms with Crippen LogP contribution in [-0.2, 0) is 0 Å². The molecule has 0 aliphatic carbocycles. The monoisotopic (exact) mass is 462 g/mol. The molecule has 0 amide bonds. The minimum absolute atomic E-state index is 1.06. The summed E-state index contributed by atoms with van der Waals surface area (Å²) in [4.78, 5) is 14.7. The minimum atomic E-state index is 1.06. The van der Waals surface area contributed by atoms with E-state index in [1.54, 1.807) is 0 Å². The molecule has 0 saturated carbocycles. The molecule has 4 N–H and O–H groups in total. The zero-order chi connectivity index (χ0) is 23.6. The Morgan fingerprint density at radius 3 is 1.08 bits per heavy atom. The Kier molecular flexibility index (Phi) is 3.91. The number of aromatic nitrogens is 4. The predicted octanol–water partition coefficient (Wildman–Crippen LogP) is 4.09. The van der Waals surface area contributed by atoms with Gasteiger partial charge in [-0.1, -0.05) is 72.8 Å². The molecule has 0 unspecified atom stereocenters. The van der Waals surface area contributed by atoms with Crippen LogP contribution >= 0.6 is 0 Å². The fourth-order valence-corrected chi connectivity index (χ4v) is 5.58. The van der Waals surface area contributed by atoms with Gasteiger partial charge in [-0.2, -0.15) is 0 Å². The quantitative estimate of drug-likeness (QED) is 0.262. The van der Waals surface area contributed by atoms with Gasteiger partial charge in [-0.05, 0) is 36.4 Å². The smallest absolute Gasteiger partial charge is 0.0485 e. The molecule has 1 aliphatic heterocycles. The van der Waals surface area contributed by atoms with Crippen LogP contribution in [0.3, 0.4) is 0 Å². The zero-order valence-corrected chi connectivity index (χ0v) is 19.4. The van der Waals surface area contributed by atoms with E-state index in [9.17, 15) is 0 Å². The maximum absolute atomic E-state index is 3.72. The summed E-state index contributed by atoms with van der Waals surface area (Å²) < 4.78 is 0. The molecule has 5 heterocycles. The van der Waals surface area contributed by atoms with Crippen molar-refractivity contribution in [3.63, 3.8) is 0 Å². The van der Waals surface area contributed by atoms with Crippen LogP contribution in [0, 0.1) is 0 Å². The van der Waals surface area contributed by atoms with Gasteiger partial charge in [-0.3, -0.25) is 0 Å². The van der Waals surface area contributed by atoms with Gasteiger partial charge in [-0.15, -0.1) is 0 Å². The first-order chi connectivity index (χ1) is 17.8. The number of H-pyrrole nitrogens is 4. The van der Waals surface area contributed by atoms with Crippen molar-refractivity contribution in [2.75, 3.05) is 0 Å². The van der Waals surface area contributed by atoms with E-state index in [1.807, 2.05) is 0 Å². The molecule has 4 nitrogen and oxygen atoms in total. The van der Waals surface area contributed by atoms with E-state index in [0.717, 1.165) is 44.2 Å². The molecule has 0 radical (unpaired) electrons. The number of hydrogen-bond donors (Lipinski definition) is 4. The van der Waals surface area contributed by atoms with Crippen molar-refractivity contribution in [2.24, 2.45) is 0 Å². The SMILES string of the molecule is C1=c2ccc([nH]2)=Cc2[nH]c(c3ccccc23)C=c2[nH]c(c3ccccc23)=Cc2[nH]c1c1ccccc21. The molecule has 170 valence electrons. The highest BCUT2D eigenvalue weighted by Crippen LogP contribution is 2.25. The average Bonchev–Trinajstić information content (AvgIpc) is 3.67. The zero-order valence-electron chi connectivity index (χ0n) is 19.4. The van der Waals surface area contributed by atoms with Gasteiger partial charge in [0, 0.05) is 76.5 Å². The van der Waals surface area contributed by atoms with E-state index in [1.165, 1.54) is 32.3 Å². The van der Waals surface area contributed by atoms with Crippen LogP contribution in [0.5, 0.6) is 0 Å². The summed E-state index contributed by atoms with van der Waals surface area (Å²) in [5.74, 6) is 0. The third-order valence-corrected chi connectivity index (χ3v) is 7.24. The van der Waals surface area contributed by atoms with Gasteiger partial charge in [0.1, 0.15) is 0 Å². The van der Waals surface area contributed by atoms with Crippen LogP contribution in [-0.4, -0.2) is 19.9 Å². The summed E-state index contributed by atoms with van der Waals surface area (Å²) in [5, 5.41) is 11.5. The third-order valence-electron chi connectivity index (χ3n) is 7.24. The lowest BCUT2D eigenvalue weighted by Gasteiger charge is -1.91. The standard InChI is InChI=1S/C32H22N4/c1-3-9-23-21(7-1)27-15-19-13-14-20(33-19)16-28-22-8-2-4-10-24(22)30(35-28)18-32-26-12-6-5-11-25(26)31(36-32)17-29(23)34-27/h1-18,33-36H. The number of aromatic amines is 4. The summed E-state index contributed by atoms with van der Waals surface area (Å²) in [6.45, 7) is 0. The normalized spacial score (nSPS) is 12.8. The first-order valence-electron chi connectivity index (χ1n) is 12.2. The average molecular weight is 463 g/mol. The highest BCUT2D eigenvalue weighted by Gasteiger charge is 2.10. The first kappa shape index (κ1) is 19.4. The molecule has 3 aromatic carbocycles. The summed E-state index contributed by atoms with van der Waals surface area (Å²) in [6, 6.07) is 30.0. The Balaban J connectivity index is 1.57. The number of nitrogens with one attached hydrogen (secondary N) is 4. The van der Waals surface area contributed by atoms with Crippen molar-refractivity contribution in [3.8, 4) is 0 Å². The van der Waals surface area contributed by atoms with E-state index in [2.05, 4.69) is 129 Å². The lowest BCUT2D eigenvalue weighted by atomic mass is 10.1. The van der Waals surface area contributed by atoms with Crippen LogP contribution in [0.2, 0.25) is 0 Å². The topological polar surface area (TPSA) is 63.2 Å². The Hall–Kier alpha value is -4.96. The molecule has 0 atom stereocenters. The summed E-state index contributed by atoms with van der Waals surface area (Å²) in [7, 11) is 0.